The number of aryl methyl sites for hydroxylation is 2. The van der Waals surface area contributed by atoms with Crippen LogP contribution in [0.15, 0.2) is 6.07 Å². The van der Waals surface area contributed by atoms with E-state index in [9.17, 15) is 9.90 Å². The van der Waals surface area contributed by atoms with Gasteiger partial charge in [-0.25, -0.2) is 0 Å². The lowest BCUT2D eigenvalue weighted by molar-refractivity contribution is 0.0931. The van der Waals surface area contributed by atoms with E-state index in [2.05, 4.69) is 0 Å². The molecule has 1 aromatic rings. The van der Waals surface area contributed by atoms with E-state index in [0.29, 0.717) is 13.0 Å². The second kappa shape index (κ2) is 6.28. The Bertz CT molecular complexity index is 385. The van der Waals surface area contributed by atoms with Crippen LogP contribution >= 0.6 is 11.3 Å². The number of aliphatic hydroxyl groups excluding tert-OH is 1. The number of thiophene rings is 1. The lowest BCUT2D eigenvalue weighted by atomic mass is 10.1. The molecule has 0 saturated heterocycles. The van der Waals surface area contributed by atoms with Crippen molar-refractivity contribution in [1.29, 1.82) is 0 Å². The first kappa shape index (κ1) is 14.4. The van der Waals surface area contributed by atoms with Gasteiger partial charge in [0.1, 0.15) is 0 Å². The fourth-order valence-corrected chi connectivity index (χ4v) is 2.67. The molecule has 0 bridgehead atoms. The van der Waals surface area contributed by atoms with Crippen LogP contribution < -0.4 is 0 Å². The van der Waals surface area contributed by atoms with Crippen molar-refractivity contribution < 1.29 is 9.90 Å². The average molecular weight is 255 g/mol. The molecule has 17 heavy (non-hydrogen) atoms. The minimum atomic E-state index is -0.308. The highest BCUT2D eigenvalue weighted by Crippen LogP contribution is 2.21. The first-order valence-electron chi connectivity index (χ1n) is 5.87. The lowest BCUT2D eigenvalue weighted by Gasteiger charge is -2.16. The number of hydrogen-bond donors (Lipinski definition) is 1. The van der Waals surface area contributed by atoms with Crippen molar-refractivity contribution in [3.05, 3.63) is 21.4 Å². The van der Waals surface area contributed by atoms with Crippen LogP contribution in [-0.2, 0) is 0 Å². The van der Waals surface area contributed by atoms with Gasteiger partial charge in [-0.05, 0) is 40.3 Å². The maximum atomic E-state index is 12.0. The molecule has 0 fully saturated rings. The van der Waals surface area contributed by atoms with E-state index in [1.54, 1.807) is 18.3 Å². The molecule has 0 saturated carbocycles. The first-order valence-corrected chi connectivity index (χ1v) is 6.68. The maximum absolute atomic E-state index is 12.0. The van der Waals surface area contributed by atoms with Gasteiger partial charge in [-0.1, -0.05) is 0 Å². The van der Waals surface area contributed by atoms with Gasteiger partial charge in [0, 0.05) is 21.9 Å². The van der Waals surface area contributed by atoms with Gasteiger partial charge in [0.25, 0.3) is 0 Å². The number of rotatable bonds is 6. The summed E-state index contributed by atoms with van der Waals surface area (Å²) in [5.41, 5.74) is 0.844. The van der Waals surface area contributed by atoms with Crippen LogP contribution in [0.1, 0.15) is 33.5 Å². The van der Waals surface area contributed by atoms with Gasteiger partial charge in [0.2, 0.25) is 0 Å². The van der Waals surface area contributed by atoms with Crippen LogP contribution in [0.2, 0.25) is 0 Å². The van der Waals surface area contributed by atoms with Gasteiger partial charge in [0.15, 0.2) is 5.78 Å². The molecule has 0 radical (unpaired) electrons. The van der Waals surface area contributed by atoms with Crippen molar-refractivity contribution in [2.24, 2.45) is 0 Å². The molecule has 1 rings (SSSR count). The highest BCUT2D eigenvalue weighted by Gasteiger charge is 2.14. The molecule has 0 aliphatic heterocycles. The highest BCUT2D eigenvalue weighted by molar-refractivity contribution is 7.12. The van der Waals surface area contributed by atoms with E-state index >= 15 is 0 Å². The quantitative estimate of drug-likeness (QED) is 0.793. The van der Waals surface area contributed by atoms with E-state index in [4.69, 9.17) is 0 Å². The van der Waals surface area contributed by atoms with Crippen molar-refractivity contribution in [2.75, 3.05) is 20.1 Å². The van der Waals surface area contributed by atoms with Crippen molar-refractivity contribution in [1.82, 2.24) is 4.90 Å². The number of aliphatic hydroxyl groups is 1. The first-order chi connectivity index (χ1) is 7.90. The second-order valence-electron chi connectivity index (χ2n) is 4.63. The molecule has 1 aromatic heterocycles. The molecule has 0 spiro atoms. The third-order valence-corrected chi connectivity index (χ3v) is 3.65. The Kier molecular flexibility index (Phi) is 5.31. The Morgan fingerprint density at radius 3 is 2.65 bits per heavy atom. The zero-order chi connectivity index (χ0) is 13.0. The van der Waals surface area contributed by atoms with Crippen molar-refractivity contribution in [2.45, 2.75) is 33.3 Å². The summed E-state index contributed by atoms with van der Waals surface area (Å²) in [6.07, 6.45) is 0.392. The SMILES string of the molecule is Cc1cc(C(=O)CN(C)CCC(C)O)c(C)s1. The number of likely N-dealkylation sites (N-methyl/N-ethyl adjacent to an activating group) is 1. The minimum absolute atomic E-state index is 0.167. The Morgan fingerprint density at radius 1 is 1.53 bits per heavy atom. The molecule has 0 amide bonds. The van der Waals surface area contributed by atoms with Crippen LogP contribution in [0.4, 0.5) is 0 Å². The van der Waals surface area contributed by atoms with Crippen molar-refractivity contribution >= 4 is 17.1 Å². The van der Waals surface area contributed by atoms with E-state index in [0.717, 1.165) is 17.0 Å². The molecular weight excluding hydrogens is 234 g/mol. The molecule has 0 aromatic carbocycles. The fraction of sp³-hybridized carbons (Fsp3) is 0.615. The van der Waals surface area contributed by atoms with Crippen molar-refractivity contribution in [3.63, 3.8) is 0 Å². The van der Waals surface area contributed by atoms with Crippen LogP contribution in [0.25, 0.3) is 0 Å². The van der Waals surface area contributed by atoms with Crippen LogP contribution in [-0.4, -0.2) is 42.0 Å². The van der Waals surface area contributed by atoms with Gasteiger partial charge >= 0.3 is 0 Å². The molecule has 96 valence electrons. The second-order valence-corrected chi connectivity index (χ2v) is 6.09. The maximum Gasteiger partial charge on any atom is 0.177 e. The summed E-state index contributed by atoms with van der Waals surface area (Å²) in [6, 6.07) is 1.96. The summed E-state index contributed by atoms with van der Waals surface area (Å²) in [7, 11) is 1.91. The number of hydrogen-bond acceptors (Lipinski definition) is 4. The number of Topliss-reactive ketones (excluding diaryl/α,β-unsaturated/α-hetero) is 1. The van der Waals surface area contributed by atoms with E-state index in [1.165, 1.54) is 4.88 Å². The smallest absolute Gasteiger partial charge is 0.177 e. The van der Waals surface area contributed by atoms with Gasteiger partial charge in [-0.3, -0.25) is 9.69 Å². The number of carbonyl (C=O) groups excluding carboxylic acids is 1. The lowest BCUT2D eigenvalue weighted by Crippen LogP contribution is -2.28. The summed E-state index contributed by atoms with van der Waals surface area (Å²) >= 11 is 1.66. The van der Waals surface area contributed by atoms with E-state index in [1.807, 2.05) is 31.9 Å². The largest absolute Gasteiger partial charge is 0.393 e. The van der Waals surface area contributed by atoms with E-state index in [-0.39, 0.29) is 11.9 Å². The molecule has 1 atom stereocenters. The standard InChI is InChI=1S/C13H21NO2S/c1-9(15)5-6-14(4)8-13(16)12-7-10(2)17-11(12)3/h7,9,15H,5-6,8H2,1-4H3. The van der Waals surface area contributed by atoms with Crippen molar-refractivity contribution in [3.8, 4) is 0 Å². The molecule has 0 aliphatic rings. The Hall–Kier alpha value is -0.710. The Balaban J connectivity index is 2.51. The van der Waals surface area contributed by atoms with Gasteiger partial charge < -0.3 is 5.11 Å². The zero-order valence-electron chi connectivity index (χ0n) is 11.0. The van der Waals surface area contributed by atoms with Gasteiger partial charge in [-0.2, -0.15) is 0 Å². The topological polar surface area (TPSA) is 40.5 Å². The highest BCUT2D eigenvalue weighted by atomic mass is 32.1. The zero-order valence-corrected chi connectivity index (χ0v) is 11.8. The normalized spacial score (nSPS) is 13.1. The molecule has 1 heterocycles. The van der Waals surface area contributed by atoms with Gasteiger partial charge in [-0.15, -0.1) is 11.3 Å². The summed E-state index contributed by atoms with van der Waals surface area (Å²) in [6.45, 7) is 6.93. The summed E-state index contributed by atoms with van der Waals surface area (Å²) in [5, 5.41) is 9.19. The van der Waals surface area contributed by atoms with Crippen LogP contribution in [0, 0.1) is 13.8 Å². The molecular formula is C13H21NO2S. The molecule has 3 nitrogen and oxygen atoms in total. The summed E-state index contributed by atoms with van der Waals surface area (Å²) in [5.74, 6) is 0.167. The average Bonchev–Trinajstić information content (AvgIpc) is 2.55. The predicted octanol–water partition coefficient (Wildman–Crippen LogP) is 2.25. The summed E-state index contributed by atoms with van der Waals surface area (Å²) < 4.78 is 0. The molecule has 0 aliphatic carbocycles. The van der Waals surface area contributed by atoms with Gasteiger partial charge in [0.05, 0.1) is 12.6 Å². The van der Waals surface area contributed by atoms with E-state index < -0.39 is 0 Å². The number of ketones is 1. The number of nitrogens with zero attached hydrogens (tertiary/aromatic N) is 1. The number of carbonyl (C=O) groups is 1. The molecule has 1 unspecified atom stereocenters. The Labute approximate surface area is 107 Å². The third kappa shape index (κ3) is 4.58. The molecule has 4 heteroatoms. The monoisotopic (exact) mass is 255 g/mol. The fourth-order valence-electron chi connectivity index (χ4n) is 1.72. The summed E-state index contributed by atoms with van der Waals surface area (Å²) in [4.78, 5) is 16.3. The predicted molar refractivity (Wildman–Crippen MR) is 71.9 cm³/mol. The minimum Gasteiger partial charge on any atom is -0.393 e. The van der Waals surface area contributed by atoms with Crippen LogP contribution in [0.3, 0.4) is 0 Å². The molecule has 1 N–H and O–H groups in total. The Morgan fingerprint density at radius 2 is 2.18 bits per heavy atom. The van der Waals surface area contributed by atoms with Crippen LogP contribution in [0.5, 0.6) is 0 Å². The third-order valence-electron chi connectivity index (χ3n) is 2.68.